The zero-order valence-corrected chi connectivity index (χ0v) is 12.2. The molecular formula is C14H29N3O. The van der Waals surface area contributed by atoms with Gasteiger partial charge in [0.15, 0.2) is 0 Å². The molecule has 4 heteroatoms. The van der Waals surface area contributed by atoms with Gasteiger partial charge >= 0.3 is 0 Å². The lowest BCUT2D eigenvalue weighted by atomic mass is 10.0. The molecule has 1 fully saturated rings. The number of amides is 1. The van der Waals surface area contributed by atoms with E-state index in [0.29, 0.717) is 18.5 Å². The maximum Gasteiger partial charge on any atom is 0.221 e. The smallest absolute Gasteiger partial charge is 0.221 e. The van der Waals surface area contributed by atoms with Crippen LogP contribution in [0.4, 0.5) is 0 Å². The summed E-state index contributed by atoms with van der Waals surface area (Å²) in [4.78, 5) is 14.0. The number of likely N-dealkylation sites (tertiary alicyclic amines) is 1. The van der Waals surface area contributed by atoms with Crippen molar-refractivity contribution < 1.29 is 4.79 Å². The van der Waals surface area contributed by atoms with Gasteiger partial charge in [-0.05, 0) is 26.3 Å². The Morgan fingerprint density at radius 2 is 2.17 bits per heavy atom. The number of carbonyl (C=O) groups excluding carboxylic acids is 1. The SMILES string of the molecule is CCNC(=O)CCN1CCCCC1CNC(C)C. The molecule has 2 N–H and O–H groups in total. The van der Waals surface area contributed by atoms with Crippen molar-refractivity contribution in [3.8, 4) is 0 Å². The Bertz CT molecular complexity index is 243. The Balaban J connectivity index is 2.32. The summed E-state index contributed by atoms with van der Waals surface area (Å²) in [6.07, 6.45) is 4.48. The van der Waals surface area contributed by atoms with E-state index < -0.39 is 0 Å². The number of rotatable bonds is 7. The van der Waals surface area contributed by atoms with E-state index in [4.69, 9.17) is 0 Å². The monoisotopic (exact) mass is 255 g/mol. The fourth-order valence-electron chi connectivity index (χ4n) is 2.49. The van der Waals surface area contributed by atoms with E-state index in [1.54, 1.807) is 0 Å². The molecule has 1 atom stereocenters. The molecule has 4 nitrogen and oxygen atoms in total. The van der Waals surface area contributed by atoms with E-state index in [-0.39, 0.29) is 5.91 Å². The maximum absolute atomic E-state index is 11.5. The molecule has 0 radical (unpaired) electrons. The van der Waals surface area contributed by atoms with E-state index in [1.807, 2.05) is 6.92 Å². The first-order valence-corrected chi connectivity index (χ1v) is 7.37. The molecule has 1 saturated heterocycles. The van der Waals surface area contributed by atoms with Crippen molar-refractivity contribution >= 4 is 5.91 Å². The summed E-state index contributed by atoms with van der Waals surface area (Å²) in [7, 11) is 0. The molecule has 0 aliphatic carbocycles. The van der Waals surface area contributed by atoms with Crippen molar-refractivity contribution in [2.45, 2.75) is 58.5 Å². The zero-order valence-electron chi connectivity index (χ0n) is 12.2. The van der Waals surface area contributed by atoms with Crippen molar-refractivity contribution in [1.82, 2.24) is 15.5 Å². The molecule has 1 amide bonds. The highest BCUT2D eigenvalue weighted by atomic mass is 16.1. The Labute approximate surface area is 111 Å². The van der Waals surface area contributed by atoms with Crippen LogP contribution < -0.4 is 10.6 Å². The largest absolute Gasteiger partial charge is 0.356 e. The highest BCUT2D eigenvalue weighted by molar-refractivity contribution is 5.75. The van der Waals surface area contributed by atoms with Crippen LogP contribution in [0.15, 0.2) is 0 Å². The standard InChI is InChI=1S/C14H29N3O/c1-4-15-14(18)8-10-17-9-6-5-7-13(17)11-16-12(2)3/h12-13,16H,4-11H2,1-3H3,(H,15,18). The first-order chi connectivity index (χ1) is 8.63. The average molecular weight is 255 g/mol. The number of carbonyl (C=O) groups is 1. The van der Waals surface area contributed by atoms with Crippen LogP contribution in [0.2, 0.25) is 0 Å². The Hall–Kier alpha value is -0.610. The van der Waals surface area contributed by atoms with Crippen LogP contribution in [-0.4, -0.2) is 49.1 Å². The number of nitrogens with zero attached hydrogens (tertiary/aromatic N) is 1. The van der Waals surface area contributed by atoms with Gasteiger partial charge in [-0.3, -0.25) is 9.69 Å². The minimum Gasteiger partial charge on any atom is -0.356 e. The van der Waals surface area contributed by atoms with Crippen LogP contribution in [0.3, 0.4) is 0 Å². The topological polar surface area (TPSA) is 44.4 Å². The van der Waals surface area contributed by atoms with Gasteiger partial charge in [-0.1, -0.05) is 20.3 Å². The van der Waals surface area contributed by atoms with Gasteiger partial charge in [0.05, 0.1) is 0 Å². The normalized spacial score (nSPS) is 21.2. The van der Waals surface area contributed by atoms with E-state index in [1.165, 1.54) is 19.3 Å². The Morgan fingerprint density at radius 1 is 1.39 bits per heavy atom. The number of hydrogen-bond donors (Lipinski definition) is 2. The molecule has 0 aromatic carbocycles. The lowest BCUT2D eigenvalue weighted by Crippen LogP contribution is -2.47. The average Bonchev–Trinajstić information content (AvgIpc) is 2.35. The molecule has 1 rings (SSSR count). The second kappa shape index (κ2) is 8.48. The minimum absolute atomic E-state index is 0.179. The van der Waals surface area contributed by atoms with Crippen molar-refractivity contribution in [3.63, 3.8) is 0 Å². The van der Waals surface area contributed by atoms with Gasteiger partial charge < -0.3 is 10.6 Å². The molecule has 1 unspecified atom stereocenters. The van der Waals surface area contributed by atoms with Crippen LogP contribution in [0, 0.1) is 0 Å². The molecule has 1 heterocycles. The van der Waals surface area contributed by atoms with Crippen LogP contribution in [-0.2, 0) is 4.79 Å². The molecule has 0 spiro atoms. The third-order valence-corrected chi connectivity index (χ3v) is 3.51. The van der Waals surface area contributed by atoms with Crippen LogP contribution in [0.1, 0.15) is 46.5 Å². The second-order valence-corrected chi connectivity index (χ2v) is 5.45. The zero-order chi connectivity index (χ0) is 13.4. The van der Waals surface area contributed by atoms with Crippen molar-refractivity contribution in [2.24, 2.45) is 0 Å². The molecular weight excluding hydrogens is 226 g/mol. The number of nitrogens with one attached hydrogen (secondary N) is 2. The Kier molecular flexibility index (Phi) is 7.28. The molecule has 1 aliphatic heterocycles. The van der Waals surface area contributed by atoms with E-state index >= 15 is 0 Å². The molecule has 0 aromatic rings. The highest BCUT2D eigenvalue weighted by Gasteiger charge is 2.22. The van der Waals surface area contributed by atoms with Gasteiger partial charge in [-0.25, -0.2) is 0 Å². The predicted octanol–water partition coefficient (Wildman–Crippen LogP) is 1.37. The quantitative estimate of drug-likeness (QED) is 0.722. The molecule has 18 heavy (non-hydrogen) atoms. The summed E-state index contributed by atoms with van der Waals surface area (Å²) in [5.74, 6) is 0.179. The molecule has 1 aliphatic rings. The van der Waals surface area contributed by atoms with Gasteiger partial charge in [-0.2, -0.15) is 0 Å². The molecule has 106 valence electrons. The van der Waals surface area contributed by atoms with E-state index in [2.05, 4.69) is 29.4 Å². The minimum atomic E-state index is 0.179. The lowest BCUT2D eigenvalue weighted by Gasteiger charge is -2.36. The van der Waals surface area contributed by atoms with Crippen LogP contribution in [0.5, 0.6) is 0 Å². The first kappa shape index (κ1) is 15.4. The first-order valence-electron chi connectivity index (χ1n) is 7.37. The summed E-state index contributed by atoms with van der Waals surface area (Å²) < 4.78 is 0. The maximum atomic E-state index is 11.5. The third kappa shape index (κ3) is 5.83. The second-order valence-electron chi connectivity index (χ2n) is 5.45. The summed E-state index contributed by atoms with van der Waals surface area (Å²) >= 11 is 0. The third-order valence-electron chi connectivity index (χ3n) is 3.51. The van der Waals surface area contributed by atoms with Gasteiger partial charge in [-0.15, -0.1) is 0 Å². The molecule has 0 aromatic heterocycles. The van der Waals surface area contributed by atoms with Gasteiger partial charge in [0, 0.05) is 38.1 Å². The molecule has 0 saturated carbocycles. The van der Waals surface area contributed by atoms with Crippen molar-refractivity contribution in [1.29, 1.82) is 0 Å². The number of hydrogen-bond acceptors (Lipinski definition) is 3. The highest BCUT2D eigenvalue weighted by Crippen LogP contribution is 2.16. The van der Waals surface area contributed by atoms with Crippen LogP contribution >= 0.6 is 0 Å². The lowest BCUT2D eigenvalue weighted by molar-refractivity contribution is -0.121. The van der Waals surface area contributed by atoms with Crippen molar-refractivity contribution in [2.75, 3.05) is 26.2 Å². The number of piperidine rings is 1. The summed E-state index contributed by atoms with van der Waals surface area (Å²) in [5, 5.41) is 6.38. The van der Waals surface area contributed by atoms with Gasteiger partial charge in [0.2, 0.25) is 5.91 Å². The molecule has 0 bridgehead atoms. The van der Waals surface area contributed by atoms with E-state index in [0.717, 1.165) is 26.2 Å². The summed E-state index contributed by atoms with van der Waals surface area (Å²) in [6.45, 7) is 10.2. The summed E-state index contributed by atoms with van der Waals surface area (Å²) in [6, 6.07) is 1.15. The van der Waals surface area contributed by atoms with Gasteiger partial charge in [0.25, 0.3) is 0 Å². The van der Waals surface area contributed by atoms with Gasteiger partial charge in [0.1, 0.15) is 0 Å². The fraction of sp³-hybridized carbons (Fsp3) is 0.929. The summed E-state index contributed by atoms with van der Waals surface area (Å²) in [5.41, 5.74) is 0. The predicted molar refractivity (Wildman–Crippen MR) is 75.7 cm³/mol. The van der Waals surface area contributed by atoms with Crippen molar-refractivity contribution in [3.05, 3.63) is 0 Å². The fourth-order valence-corrected chi connectivity index (χ4v) is 2.49. The van der Waals surface area contributed by atoms with E-state index in [9.17, 15) is 4.79 Å². The van der Waals surface area contributed by atoms with Crippen LogP contribution in [0.25, 0.3) is 0 Å². The Morgan fingerprint density at radius 3 is 2.83 bits per heavy atom.